The van der Waals surface area contributed by atoms with Crippen molar-refractivity contribution in [3.05, 3.63) is 125 Å². The minimum atomic E-state index is -1.14. The molecule has 1 heterocycles. The lowest BCUT2D eigenvalue weighted by molar-refractivity contribution is -0.136. The summed E-state index contributed by atoms with van der Waals surface area (Å²) in [6.45, 7) is 6.68. The molecule has 0 saturated carbocycles. The van der Waals surface area contributed by atoms with Gasteiger partial charge >= 0.3 is 0 Å². The van der Waals surface area contributed by atoms with E-state index in [4.69, 9.17) is 16.3 Å². The molecule has 0 unspecified atom stereocenters. The van der Waals surface area contributed by atoms with Gasteiger partial charge < -0.3 is 15.0 Å². The number of halogens is 1. The van der Waals surface area contributed by atoms with E-state index in [1.54, 1.807) is 62.4 Å². The fourth-order valence-corrected chi connectivity index (χ4v) is 5.59. The van der Waals surface area contributed by atoms with Gasteiger partial charge in [0.05, 0.1) is 0 Å². The number of amides is 2. The molecule has 2 aromatic rings. The summed E-state index contributed by atoms with van der Waals surface area (Å²) >= 11 is 5.93. The molecule has 0 aliphatic carbocycles. The number of carbonyl (C=O) groups is 3. The Morgan fingerprint density at radius 2 is 1.35 bits per heavy atom. The van der Waals surface area contributed by atoms with Crippen molar-refractivity contribution >= 4 is 29.2 Å². The number of hydrogen-bond donors (Lipinski definition) is 1. The van der Waals surface area contributed by atoms with Crippen LogP contribution in [0.3, 0.4) is 0 Å². The maximum Gasteiger partial charge on any atom is 0.263 e. The van der Waals surface area contributed by atoms with E-state index in [2.05, 4.69) is 73.0 Å². The van der Waals surface area contributed by atoms with Crippen LogP contribution in [0.4, 0.5) is 0 Å². The van der Waals surface area contributed by atoms with E-state index in [9.17, 15) is 14.4 Å². The Balaban J connectivity index is 1.32. The van der Waals surface area contributed by atoms with Gasteiger partial charge in [-0.05, 0) is 120 Å². The number of likely N-dealkylation sites (tertiary alicyclic amines) is 1. The summed E-state index contributed by atoms with van der Waals surface area (Å²) in [4.78, 5) is 40.8. The molecular weight excluding hydrogens is 632 g/mol. The lowest BCUT2D eigenvalue weighted by atomic mass is 10.0. The van der Waals surface area contributed by atoms with Crippen LogP contribution in [0.2, 0.25) is 5.02 Å². The second-order valence-corrected chi connectivity index (χ2v) is 13.1. The SMILES string of the molecule is CC/C=C\CC=CCC=CC/C=C\C/C=C\CCCC(=O)N1CCC[C@H]1CNC(=O)C(C)(C)Oc1ccc(C(=O)c2ccc(Cl)cc2)cc1. The van der Waals surface area contributed by atoms with Gasteiger partial charge in [-0.1, -0.05) is 79.3 Å². The fourth-order valence-electron chi connectivity index (χ4n) is 5.47. The zero-order valence-corrected chi connectivity index (χ0v) is 30.2. The average Bonchev–Trinajstić information content (AvgIpc) is 3.57. The summed E-state index contributed by atoms with van der Waals surface area (Å²) in [5.41, 5.74) is -0.0839. The first-order valence-electron chi connectivity index (χ1n) is 17.6. The number of nitrogens with one attached hydrogen (secondary N) is 1. The van der Waals surface area contributed by atoms with E-state index in [0.29, 0.717) is 34.9 Å². The Labute approximate surface area is 298 Å². The third-order valence-electron chi connectivity index (χ3n) is 8.26. The summed E-state index contributed by atoms with van der Waals surface area (Å²) in [5, 5.41) is 3.57. The minimum absolute atomic E-state index is 0.0147. The second-order valence-electron chi connectivity index (χ2n) is 12.7. The van der Waals surface area contributed by atoms with Crippen LogP contribution in [-0.2, 0) is 9.59 Å². The Kier molecular flexibility index (Phi) is 17.4. The Hall–Kier alpha value is -4.16. The molecule has 6 nitrogen and oxygen atoms in total. The number of rotatable bonds is 20. The fraction of sp³-hybridized carbons (Fsp3) is 0.405. The van der Waals surface area contributed by atoms with Gasteiger partial charge in [-0.25, -0.2) is 0 Å². The quantitative estimate of drug-likeness (QED) is 0.0856. The summed E-state index contributed by atoms with van der Waals surface area (Å²) in [7, 11) is 0. The first kappa shape index (κ1) is 39.3. The largest absolute Gasteiger partial charge is 0.478 e. The smallest absolute Gasteiger partial charge is 0.263 e. The third kappa shape index (κ3) is 14.5. The molecule has 3 rings (SSSR count). The van der Waals surface area contributed by atoms with Crippen molar-refractivity contribution in [1.29, 1.82) is 0 Å². The third-order valence-corrected chi connectivity index (χ3v) is 8.51. The molecule has 7 heteroatoms. The van der Waals surface area contributed by atoms with Gasteiger partial charge in [-0.3, -0.25) is 14.4 Å². The number of carbonyl (C=O) groups excluding carboxylic acids is 3. The van der Waals surface area contributed by atoms with E-state index in [1.165, 1.54) is 0 Å². The van der Waals surface area contributed by atoms with Gasteiger partial charge in [-0.2, -0.15) is 0 Å². The van der Waals surface area contributed by atoms with E-state index >= 15 is 0 Å². The predicted octanol–water partition coefficient (Wildman–Crippen LogP) is 9.76. The van der Waals surface area contributed by atoms with Gasteiger partial charge in [0.15, 0.2) is 11.4 Å². The van der Waals surface area contributed by atoms with Gasteiger partial charge in [0.2, 0.25) is 5.91 Å². The van der Waals surface area contributed by atoms with E-state index in [-0.39, 0.29) is 23.6 Å². The molecular formula is C42H53ClN2O4. The van der Waals surface area contributed by atoms with Crippen LogP contribution < -0.4 is 10.1 Å². The lowest BCUT2D eigenvalue weighted by Crippen LogP contribution is -2.50. The van der Waals surface area contributed by atoms with E-state index in [1.807, 2.05) is 4.90 Å². The molecule has 1 fully saturated rings. The van der Waals surface area contributed by atoms with Crippen molar-refractivity contribution in [1.82, 2.24) is 10.2 Å². The molecule has 0 radical (unpaired) electrons. The standard InChI is InChI=1S/C42H53ClN2O4/c1-4-5-6-7-8-9-10-11-12-13-14-15-16-17-18-19-20-23-39(46)45-32-21-22-37(45)33-44-41(48)42(2,3)49-38-30-26-35(27-31-38)40(47)34-24-28-36(43)29-25-34/h5-6,8-9,11-12,14-15,17-18,24-31,37H,4,7,10,13,16,19-23,32-33H2,1-3H3,(H,44,48)/b6-5-,9-8?,12-11?,15-14-,18-17-/t37-/m0/s1. The highest BCUT2D eigenvalue weighted by Crippen LogP contribution is 2.23. The van der Waals surface area contributed by atoms with Crippen LogP contribution in [-0.4, -0.2) is 47.2 Å². The highest BCUT2D eigenvalue weighted by atomic mass is 35.5. The molecule has 1 saturated heterocycles. The number of hydrogen-bond acceptors (Lipinski definition) is 4. The van der Waals surface area contributed by atoms with Crippen LogP contribution in [0.5, 0.6) is 5.75 Å². The minimum Gasteiger partial charge on any atom is -0.478 e. The molecule has 262 valence electrons. The first-order chi connectivity index (χ1) is 23.7. The highest BCUT2D eigenvalue weighted by molar-refractivity contribution is 6.30. The number of nitrogens with zero attached hydrogens (tertiary/aromatic N) is 1. The van der Waals surface area contributed by atoms with Crippen LogP contribution in [0.25, 0.3) is 0 Å². The van der Waals surface area contributed by atoms with Crippen molar-refractivity contribution in [2.45, 2.75) is 96.6 Å². The summed E-state index contributed by atoms with van der Waals surface area (Å²) in [6, 6.07) is 13.5. The number of ketones is 1. The van der Waals surface area contributed by atoms with Crippen LogP contribution in [0.15, 0.2) is 109 Å². The molecule has 1 N–H and O–H groups in total. The van der Waals surface area contributed by atoms with Crippen LogP contribution in [0.1, 0.15) is 101 Å². The molecule has 0 aromatic heterocycles. The van der Waals surface area contributed by atoms with Gasteiger partial charge in [-0.15, -0.1) is 0 Å². The highest BCUT2D eigenvalue weighted by Gasteiger charge is 2.33. The maximum absolute atomic E-state index is 13.1. The zero-order valence-electron chi connectivity index (χ0n) is 29.4. The van der Waals surface area contributed by atoms with Crippen molar-refractivity contribution in [3.63, 3.8) is 0 Å². The monoisotopic (exact) mass is 684 g/mol. The van der Waals surface area contributed by atoms with Crippen molar-refractivity contribution < 1.29 is 19.1 Å². The van der Waals surface area contributed by atoms with Gasteiger partial charge in [0, 0.05) is 41.7 Å². The van der Waals surface area contributed by atoms with E-state index in [0.717, 1.165) is 64.3 Å². The van der Waals surface area contributed by atoms with Crippen LogP contribution >= 0.6 is 11.6 Å². The van der Waals surface area contributed by atoms with Crippen molar-refractivity contribution in [3.8, 4) is 5.75 Å². The lowest BCUT2D eigenvalue weighted by Gasteiger charge is -2.29. The molecule has 1 aliphatic heterocycles. The molecule has 2 amide bonds. The van der Waals surface area contributed by atoms with Crippen molar-refractivity contribution in [2.24, 2.45) is 0 Å². The maximum atomic E-state index is 13.1. The molecule has 49 heavy (non-hydrogen) atoms. The Morgan fingerprint density at radius 3 is 1.92 bits per heavy atom. The number of unbranched alkanes of at least 4 members (excludes halogenated alkanes) is 1. The average molecular weight is 685 g/mol. The normalized spacial score (nSPS) is 15.4. The molecule has 1 aliphatic rings. The predicted molar refractivity (Wildman–Crippen MR) is 202 cm³/mol. The van der Waals surface area contributed by atoms with Gasteiger partial charge in [0.1, 0.15) is 5.75 Å². The number of allylic oxidation sites excluding steroid dienone is 10. The van der Waals surface area contributed by atoms with Crippen molar-refractivity contribution in [2.75, 3.05) is 13.1 Å². The molecule has 0 bridgehead atoms. The number of ether oxygens (including phenoxy) is 1. The Bertz CT molecular complexity index is 1470. The molecule has 1 atom stereocenters. The topological polar surface area (TPSA) is 75.7 Å². The zero-order chi connectivity index (χ0) is 35.3. The summed E-state index contributed by atoms with van der Waals surface area (Å²) < 4.78 is 6.01. The van der Waals surface area contributed by atoms with Crippen LogP contribution in [0, 0.1) is 0 Å². The number of benzene rings is 2. The second kappa shape index (κ2) is 21.7. The van der Waals surface area contributed by atoms with E-state index < -0.39 is 5.60 Å². The first-order valence-corrected chi connectivity index (χ1v) is 18.0. The Morgan fingerprint density at radius 1 is 0.816 bits per heavy atom. The summed E-state index contributed by atoms with van der Waals surface area (Å²) in [5.74, 6) is 0.252. The summed E-state index contributed by atoms with van der Waals surface area (Å²) in [6.07, 6.45) is 30.7. The molecule has 0 spiro atoms. The van der Waals surface area contributed by atoms with Gasteiger partial charge in [0.25, 0.3) is 5.91 Å². The molecule has 2 aromatic carbocycles.